The van der Waals surface area contributed by atoms with Gasteiger partial charge in [-0.3, -0.25) is 0 Å². The molecule has 0 fully saturated rings. The van der Waals surface area contributed by atoms with Crippen molar-refractivity contribution in [3.05, 3.63) is 326 Å². The largest absolute Gasteiger partial charge is 0.311 e. The highest BCUT2D eigenvalue weighted by molar-refractivity contribution is 7.00. The SMILES string of the molecule is [2H]c1c([2H])c([2H])c(-c2ccc3c(c2)N(c2ccc(-c4ccccc4)cc2)c2c4c(cc5c2c2cccc6c7ccccc7c7ccccc7c7ccccc7n5c62)-n2c5ccc(-n6c7ccc(C(C)(C)C)cc7c7cc(C(C)(C)C)ccc76)cc5c5cc(-n6c7c([2H])c([2H])c([2H])c([2H])c7c7c([2H])c([2H])c([2H])c([2H])c76)cc(c52)B34)c([2H])c1[2H]. The number of para-hydroxylation sites is 4. The molecule has 490 valence electrons. The first-order chi connectivity index (χ1) is 56.3. The summed E-state index contributed by atoms with van der Waals surface area (Å²) in [5.41, 5.74) is 17.5. The van der Waals surface area contributed by atoms with Crippen molar-refractivity contribution in [1.82, 2.24) is 18.1 Å². The molecule has 20 aromatic rings. The highest BCUT2D eigenvalue weighted by Crippen LogP contribution is 2.51. The first kappa shape index (κ1) is 47.5. The fourth-order valence-electron chi connectivity index (χ4n) is 17.8. The summed E-state index contributed by atoms with van der Waals surface area (Å²) in [7, 11) is 0. The predicted molar refractivity (Wildman–Crippen MR) is 444 cm³/mol. The average molecular weight is 1340 g/mol. The van der Waals surface area contributed by atoms with E-state index in [1.54, 1.807) is 4.57 Å². The molecule has 0 radical (unpaired) electrons. The molecule has 104 heavy (non-hydrogen) atoms. The lowest BCUT2D eigenvalue weighted by atomic mass is 9.33. The van der Waals surface area contributed by atoms with Gasteiger partial charge in [-0.05, 0) is 179 Å². The van der Waals surface area contributed by atoms with Crippen LogP contribution >= 0.6 is 0 Å². The Kier molecular flexibility index (Phi) is 9.80. The third-order valence-corrected chi connectivity index (χ3v) is 22.5. The number of benzene rings is 15. The van der Waals surface area contributed by atoms with E-state index in [2.05, 4.69) is 248 Å². The maximum absolute atomic E-state index is 10.0. The van der Waals surface area contributed by atoms with E-state index in [1.807, 2.05) is 48.5 Å². The number of aromatic nitrogens is 4. The van der Waals surface area contributed by atoms with Gasteiger partial charge in [-0.1, -0.05) is 260 Å². The minimum atomic E-state index is -0.774. The molecule has 0 saturated heterocycles. The van der Waals surface area contributed by atoms with Crippen LogP contribution in [0.2, 0.25) is 0 Å². The molecule has 2 aliphatic heterocycles. The van der Waals surface area contributed by atoms with Gasteiger partial charge in [0.25, 0.3) is 6.71 Å². The lowest BCUT2D eigenvalue weighted by Gasteiger charge is -2.41. The molecule has 15 aromatic carbocycles. The number of fused-ring (bicyclic) bond motifs is 24. The van der Waals surface area contributed by atoms with Gasteiger partial charge < -0.3 is 23.0 Å². The molecule has 7 heterocycles. The zero-order valence-corrected chi connectivity index (χ0v) is 57.8. The number of anilines is 3. The Morgan fingerprint density at radius 1 is 0.288 bits per heavy atom. The molecular formula is C98H70BN5. The molecule has 2 aliphatic rings. The fourth-order valence-corrected chi connectivity index (χ4v) is 17.8. The Bertz CT molecular complexity index is 7840. The van der Waals surface area contributed by atoms with Crippen LogP contribution in [-0.4, -0.2) is 24.8 Å². The Morgan fingerprint density at radius 2 is 0.808 bits per heavy atom. The van der Waals surface area contributed by atoms with Crippen LogP contribution in [0.4, 0.5) is 17.1 Å². The van der Waals surface area contributed by atoms with Crippen LogP contribution in [0.5, 0.6) is 0 Å². The first-order valence-corrected chi connectivity index (χ1v) is 35.6. The summed E-state index contributed by atoms with van der Waals surface area (Å²) in [6, 6.07) is 77.7. The van der Waals surface area contributed by atoms with Gasteiger partial charge in [-0.2, -0.15) is 0 Å². The third-order valence-electron chi connectivity index (χ3n) is 22.5. The van der Waals surface area contributed by atoms with E-state index in [0.717, 1.165) is 154 Å². The quantitative estimate of drug-likeness (QED) is 0.157. The lowest BCUT2D eigenvalue weighted by molar-refractivity contribution is 0.590. The molecule has 6 heteroatoms. The van der Waals surface area contributed by atoms with E-state index < -0.39 is 73.2 Å². The topological polar surface area (TPSA) is 22.4 Å². The van der Waals surface area contributed by atoms with Gasteiger partial charge in [0.15, 0.2) is 0 Å². The highest BCUT2D eigenvalue weighted by atomic mass is 15.2. The van der Waals surface area contributed by atoms with E-state index in [0.29, 0.717) is 16.9 Å². The van der Waals surface area contributed by atoms with Crippen molar-refractivity contribution in [2.24, 2.45) is 0 Å². The molecule has 0 N–H and O–H groups in total. The van der Waals surface area contributed by atoms with Crippen molar-refractivity contribution < 1.29 is 17.8 Å². The molecule has 0 atom stereocenters. The third kappa shape index (κ3) is 8.28. The Hall–Kier alpha value is -12.6. The van der Waals surface area contributed by atoms with Crippen LogP contribution in [0.3, 0.4) is 0 Å². The summed E-state index contributed by atoms with van der Waals surface area (Å²) >= 11 is 0. The highest BCUT2D eigenvalue weighted by Gasteiger charge is 2.45. The van der Waals surface area contributed by atoms with Crippen molar-refractivity contribution in [3.63, 3.8) is 0 Å². The normalized spacial score (nSPS) is 14.8. The van der Waals surface area contributed by atoms with Crippen molar-refractivity contribution in [3.8, 4) is 39.3 Å². The van der Waals surface area contributed by atoms with Gasteiger partial charge >= 0.3 is 0 Å². The maximum Gasteiger partial charge on any atom is 0.252 e. The fraction of sp³-hybridized carbons (Fsp3) is 0.0816. The predicted octanol–water partition coefficient (Wildman–Crippen LogP) is 24.1. The standard InChI is InChI=1S/C98H70BN5/c1-97(2,3)63-43-49-86-77(53-63)78-54-64(98(4,5)6)44-50-87(78)100(86)66-47-51-88-79(55-66)80-56-67(101-83-37-20-18-33-73(83)74-34-19-21-38-84(74)101)57-82-95(80)104(88)91-58-90-92(76-36-23-35-75-71-31-16-14-29-69(71)68-28-13-15-30-70(68)72-32-17-22-39-85(72)103(90)94(75)76)96-93(91)99(82)81-48-42-62(60-26-11-8-12-27-60)52-89(81)102(96)65-45-40-61(41-46-65)59-24-9-7-10-25-59/h7-58H,1-6H3/i8D,11D,12D,18D,19D,20D,21D,26D,27D,33D,34D,37D,38D. The van der Waals surface area contributed by atoms with E-state index in [-0.39, 0.29) is 50.3 Å². The van der Waals surface area contributed by atoms with Crippen molar-refractivity contribution >= 4 is 165 Å². The minimum absolute atomic E-state index is 0.0224. The first-order valence-electron chi connectivity index (χ1n) is 42.1. The van der Waals surface area contributed by atoms with Crippen LogP contribution in [0.25, 0.3) is 164 Å². The minimum Gasteiger partial charge on any atom is -0.311 e. The van der Waals surface area contributed by atoms with Gasteiger partial charge in [-0.25, -0.2) is 0 Å². The summed E-state index contributed by atoms with van der Waals surface area (Å²) in [5.74, 6) is 0. The van der Waals surface area contributed by atoms with Gasteiger partial charge in [0.05, 0.1) is 67.6 Å². The second-order valence-electron chi connectivity index (χ2n) is 30.2. The Morgan fingerprint density at radius 3 is 1.48 bits per heavy atom. The van der Waals surface area contributed by atoms with Crippen molar-refractivity contribution in [1.29, 1.82) is 0 Å². The maximum atomic E-state index is 10.0. The van der Waals surface area contributed by atoms with Gasteiger partial charge in [-0.15, -0.1) is 0 Å². The number of hydrogen-bond acceptors (Lipinski definition) is 1. The van der Waals surface area contributed by atoms with Crippen LogP contribution in [-0.2, 0) is 10.8 Å². The van der Waals surface area contributed by atoms with E-state index in [1.165, 1.54) is 11.1 Å². The van der Waals surface area contributed by atoms with E-state index in [4.69, 9.17) is 4.11 Å². The van der Waals surface area contributed by atoms with Crippen molar-refractivity contribution in [2.75, 3.05) is 4.90 Å². The molecule has 0 spiro atoms. The van der Waals surface area contributed by atoms with Gasteiger partial charge in [0.1, 0.15) is 0 Å². The van der Waals surface area contributed by atoms with Gasteiger partial charge in [0, 0.05) is 87.8 Å². The molecule has 0 saturated carbocycles. The smallest absolute Gasteiger partial charge is 0.252 e. The molecule has 0 aliphatic carbocycles. The summed E-state index contributed by atoms with van der Waals surface area (Å²) in [6.45, 7) is 12.7. The average Bonchev–Trinajstić information content (AvgIpc) is 1.54. The molecule has 5 nitrogen and oxygen atoms in total. The summed E-state index contributed by atoms with van der Waals surface area (Å²) in [4.78, 5) is 2.31. The zero-order valence-electron chi connectivity index (χ0n) is 70.8. The van der Waals surface area contributed by atoms with E-state index >= 15 is 0 Å². The lowest BCUT2D eigenvalue weighted by Crippen LogP contribution is -2.60. The number of nitrogens with zero attached hydrogens (tertiary/aromatic N) is 5. The Labute approximate surface area is 620 Å². The molecule has 22 rings (SSSR count). The summed E-state index contributed by atoms with van der Waals surface area (Å²) in [5, 5.41) is 11.7. The van der Waals surface area contributed by atoms with Gasteiger partial charge in [0.2, 0.25) is 0 Å². The molecule has 5 aromatic heterocycles. The summed E-state index contributed by atoms with van der Waals surface area (Å²) in [6.07, 6.45) is 0. The monoisotopic (exact) mass is 1340 g/mol. The van der Waals surface area contributed by atoms with Crippen molar-refractivity contribution in [2.45, 2.75) is 52.4 Å². The van der Waals surface area contributed by atoms with Crippen LogP contribution < -0.4 is 21.3 Å². The molecule has 0 amide bonds. The van der Waals surface area contributed by atoms with Crippen LogP contribution in [0, 0.1) is 0 Å². The molecule has 0 unspecified atom stereocenters. The van der Waals surface area contributed by atoms with Crippen LogP contribution in [0.15, 0.2) is 315 Å². The Balaban J connectivity index is 0.976. The molecular weight excluding hydrogens is 1260 g/mol. The number of rotatable bonds is 5. The molecule has 0 bridgehead atoms. The van der Waals surface area contributed by atoms with E-state index in [9.17, 15) is 13.7 Å². The number of hydrogen-bond donors (Lipinski definition) is 0. The second-order valence-corrected chi connectivity index (χ2v) is 30.2. The zero-order chi connectivity index (χ0) is 80.5. The second kappa shape index (κ2) is 21.5. The summed E-state index contributed by atoms with van der Waals surface area (Å²) < 4.78 is 132. The van der Waals surface area contributed by atoms with Crippen LogP contribution in [0.1, 0.15) is 70.5 Å².